The number of phenolic OH excluding ortho intramolecular Hbond substituents is 1. The molecule has 190 valence electrons. The van der Waals surface area contributed by atoms with Crippen molar-refractivity contribution in [2.24, 2.45) is 0 Å². The number of phenols is 1. The first-order chi connectivity index (χ1) is 17.1. The van der Waals surface area contributed by atoms with E-state index in [9.17, 15) is 9.90 Å². The normalized spacial score (nSPS) is 18.4. The first kappa shape index (κ1) is 25.5. The molecular weight excluding hydrogens is 478 g/mol. The molecule has 36 heavy (non-hydrogen) atoms. The van der Waals surface area contributed by atoms with Crippen molar-refractivity contribution in [3.8, 4) is 17.0 Å². The Morgan fingerprint density at radius 2 is 1.75 bits per heavy atom. The lowest BCUT2D eigenvalue weighted by Gasteiger charge is -2.43. The number of carbonyl (C=O) groups is 1. The number of piperidine rings is 1. The number of piperazine rings is 1. The molecule has 0 radical (unpaired) electrons. The van der Waals surface area contributed by atoms with Gasteiger partial charge in [0.2, 0.25) is 5.91 Å². The SMILES string of the molecule is Cl.Nc1nnc(-c2ccccc2O)cc1N1CCN(c2ccccc2)C(C(=O)NC2CCNCC2)C1. The second-order valence-corrected chi connectivity index (χ2v) is 9.04. The quantitative estimate of drug-likeness (QED) is 0.414. The first-order valence-corrected chi connectivity index (χ1v) is 12.1. The van der Waals surface area contributed by atoms with Gasteiger partial charge in [0, 0.05) is 36.9 Å². The van der Waals surface area contributed by atoms with E-state index in [1.165, 1.54) is 0 Å². The first-order valence-electron chi connectivity index (χ1n) is 12.1. The summed E-state index contributed by atoms with van der Waals surface area (Å²) in [6.07, 6.45) is 1.86. The predicted molar refractivity (Wildman–Crippen MR) is 145 cm³/mol. The van der Waals surface area contributed by atoms with Crippen molar-refractivity contribution in [1.29, 1.82) is 0 Å². The van der Waals surface area contributed by atoms with Crippen LogP contribution in [0.25, 0.3) is 11.3 Å². The molecule has 5 rings (SSSR count). The Morgan fingerprint density at radius 3 is 2.50 bits per heavy atom. The number of benzene rings is 2. The van der Waals surface area contributed by atoms with Crippen LogP contribution < -0.4 is 26.2 Å². The number of nitrogens with one attached hydrogen (secondary N) is 2. The zero-order chi connectivity index (χ0) is 24.2. The molecule has 1 amide bonds. The second-order valence-electron chi connectivity index (χ2n) is 9.04. The highest BCUT2D eigenvalue weighted by Gasteiger charge is 2.34. The molecule has 2 aromatic carbocycles. The van der Waals surface area contributed by atoms with Gasteiger partial charge in [0.15, 0.2) is 5.82 Å². The number of nitrogens with zero attached hydrogens (tertiary/aromatic N) is 4. The maximum atomic E-state index is 13.6. The third kappa shape index (κ3) is 5.47. The number of aromatic nitrogens is 2. The Balaban J connectivity index is 0.00000304. The topological polar surface area (TPSA) is 120 Å². The number of nitrogen functional groups attached to an aromatic ring is 1. The highest BCUT2D eigenvalue weighted by molar-refractivity contribution is 5.87. The van der Waals surface area contributed by atoms with Crippen molar-refractivity contribution in [2.45, 2.75) is 24.9 Å². The second kappa shape index (κ2) is 11.5. The Morgan fingerprint density at radius 1 is 1.03 bits per heavy atom. The van der Waals surface area contributed by atoms with Gasteiger partial charge in [0.25, 0.3) is 0 Å². The summed E-state index contributed by atoms with van der Waals surface area (Å²) >= 11 is 0. The van der Waals surface area contributed by atoms with Crippen LogP contribution in [0.2, 0.25) is 0 Å². The van der Waals surface area contributed by atoms with Crippen LogP contribution in [-0.4, -0.2) is 66.0 Å². The standard InChI is InChI=1S/C26H31N7O2.ClH/c27-25-22(16-21(30-31-25)20-8-4-5-9-24(20)34)32-14-15-33(19-6-2-1-3-7-19)23(17-32)26(35)29-18-10-12-28-13-11-18;/h1-9,16,18,23,28,34H,10-15,17H2,(H2,27,31)(H,29,35);1H. The number of rotatable bonds is 5. The summed E-state index contributed by atoms with van der Waals surface area (Å²) in [7, 11) is 0. The molecular formula is C26H32ClN7O2. The largest absolute Gasteiger partial charge is 0.507 e. The maximum absolute atomic E-state index is 13.6. The number of anilines is 3. The summed E-state index contributed by atoms with van der Waals surface area (Å²) in [6, 6.07) is 18.7. The molecule has 0 aliphatic carbocycles. The maximum Gasteiger partial charge on any atom is 0.244 e. The number of nitrogens with two attached hydrogens (primary N) is 1. The fourth-order valence-corrected chi connectivity index (χ4v) is 4.88. The highest BCUT2D eigenvalue weighted by Crippen LogP contribution is 2.33. The number of halogens is 1. The summed E-state index contributed by atoms with van der Waals surface area (Å²) in [4.78, 5) is 17.8. The Hall–Kier alpha value is -3.56. The molecule has 2 aliphatic rings. The van der Waals surface area contributed by atoms with Crippen molar-refractivity contribution < 1.29 is 9.90 Å². The molecule has 10 heteroatoms. The van der Waals surface area contributed by atoms with Crippen LogP contribution in [0.15, 0.2) is 60.7 Å². The molecule has 0 bridgehead atoms. The Kier molecular flexibility index (Phi) is 8.12. The lowest BCUT2D eigenvalue weighted by atomic mass is 10.0. The molecule has 0 spiro atoms. The Labute approximate surface area is 217 Å². The van der Waals surface area contributed by atoms with E-state index in [2.05, 4.69) is 30.6 Å². The minimum Gasteiger partial charge on any atom is -0.507 e. The zero-order valence-corrected chi connectivity index (χ0v) is 20.8. The predicted octanol–water partition coefficient (Wildman–Crippen LogP) is 2.42. The van der Waals surface area contributed by atoms with Crippen LogP contribution in [0, 0.1) is 0 Å². The minimum absolute atomic E-state index is 0. The van der Waals surface area contributed by atoms with Gasteiger partial charge in [-0.2, -0.15) is 0 Å². The van der Waals surface area contributed by atoms with Gasteiger partial charge in [-0.15, -0.1) is 22.6 Å². The molecule has 9 nitrogen and oxygen atoms in total. The lowest BCUT2D eigenvalue weighted by Crippen LogP contribution is -2.61. The van der Waals surface area contributed by atoms with Gasteiger partial charge < -0.3 is 31.3 Å². The van der Waals surface area contributed by atoms with Crippen molar-refractivity contribution in [2.75, 3.05) is 48.3 Å². The molecule has 2 fully saturated rings. The van der Waals surface area contributed by atoms with Crippen LogP contribution >= 0.6 is 12.4 Å². The van der Waals surface area contributed by atoms with Crippen LogP contribution in [0.3, 0.4) is 0 Å². The van der Waals surface area contributed by atoms with E-state index in [4.69, 9.17) is 5.73 Å². The number of amides is 1. The zero-order valence-electron chi connectivity index (χ0n) is 20.0. The van der Waals surface area contributed by atoms with Gasteiger partial charge in [-0.05, 0) is 56.3 Å². The summed E-state index contributed by atoms with van der Waals surface area (Å²) in [5, 5.41) is 25.3. The van der Waals surface area contributed by atoms with Crippen LogP contribution in [0.4, 0.5) is 17.2 Å². The van der Waals surface area contributed by atoms with Gasteiger partial charge in [0.05, 0.1) is 11.4 Å². The number of hydrogen-bond acceptors (Lipinski definition) is 8. The van der Waals surface area contributed by atoms with E-state index in [1.54, 1.807) is 18.2 Å². The van der Waals surface area contributed by atoms with Gasteiger partial charge in [0.1, 0.15) is 11.8 Å². The Bertz CT molecular complexity index is 1170. The summed E-state index contributed by atoms with van der Waals surface area (Å²) in [5.74, 6) is 0.451. The fraction of sp³-hybridized carbons (Fsp3) is 0.346. The fourth-order valence-electron chi connectivity index (χ4n) is 4.88. The molecule has 0 saturated carbocycles. The van der Waals surface area contributed by atoms with Gasteiger partial charge in [-0.3, -0.25) is 4.79 Å². The summed E-state index contributed by atoms with van der Waals surface area (Å²) in [5.41, 5.74) is 9.11. The molecule has 2 saturated heterocycles. The van der Waals surface area contributed by atoms with E-state index in [1.807, 2.05) is 42.5 Å². The average molecular weight is 510 g/mol. The van der Waals surface area contributed by atoms with Crippen molar-refractivity contribution >= 4 is 35.5 Å². The van der Waals surface area contributed by atoms with Gasteiger partial charge in [-0.1, -0.05) is 30.3 Å². The van der Waals surface area contributed by atoms with Crippen molar-refractivity contribution in [1.82, 2.24) is 20.8 Å². The van der Waals surface area contributed by atoms with Crippen molar-refractivity contribution in [3.63, 3.8) is 0 Å². The summed E-state index contributed by atoms with van der Waals surface area (Å²) < 4.78 is 0. The van der Waals surface area contributed by atoms with E-state index >= 15 is 0 Å². The molecule has 1 atom stereocenters. The minimum atomic E-state index is -0.387. The molecule has 3 heterocycles. The molecule has 5 N–H and O–H groups in total. The van der Waals surface area contributed by atoms with Crippen LogP contribution in [0.5, 0.6) is 5.75 Å². The van der Waals surface area contributed by atoms with E-state index < -0.39 is 0 Å². The summed E-state index contributed by atoms with van der Waals surface area (Å²) in [6.45, 7) is 3.61. The monoisotopic (exact) mass is 509 g/mol. The van der Waals surface area contributed by atoms with E-state index in [-0.39, 0.29) is 36.1 Å². The van der Waals surface area contributed by atoms with Crippen LogP contribution in [-0.2, 0) is 4.79 Å². The molecule has 1 unspecified atom stereocenters. The van der Waals surface area contributed by atoms with Gasteiger partial charge in [-0.25, -0.2) is 0 Å². The smallest absolute Gasteiger partial charge is 0.244 e. The third-order valence-electron chi connectivity index (χ3n) is 6.78. The molecule has 2 aliphatic heterocycles. The van der Waals surface area contributed by atoms with Crippen LogP contribution in [0.1, 0.15) is 12.8 Å². The van der Waals surface area contributed by atoms with Crippen molar-refractivity contribution in [3.05, 3.63) is 60.7 Å². The molecule has 1 aromatic heterocycles. The third-order valence-corrected chi connectivity index (χ3v) is 6.78. The van der Waals surface area contributed by atoms with E-state index in [0.29, 0.717) is 42.4 Å². The number of carbonyl (C=O) groups excluding carboxylic acids is 1. The highest BCUT2D eigenvalue weighted by atomic mass is 35.5. The lowest BCUT2D eigenvalue weighted by molar-refractivity contribution is -0.123. The number of hydrogen-bond donors (Lipinski definition) is 4. The number of para-hydroxylation sites is 2. The average Bonchev–Trinajstić information content (AvgIpc) is 2.90. The molecule has 3 aromatic rings. The number of aromatic hydroxyl groups is 1. The van der Waals surface area contributed by atoms with Gasteiger partial charge >= 0.3 is 0 Å². The van der Waals surface area contributed by atoms with E-state index in [0.717, 1.165) is 31.6 Å².